The van der Waals surface area contributed by atoms with E-state index < -0.39 is 0 Å². The third kappa shape index (κ3) is 4.79. The fourth-order valence-corrected chi connectivity index (χ4v) is 3.70. The molecule has 144 valence electrons. The van der Waals surface area contributed by atoms with Crippen LogP contribution in [-0.2, 0) is 4.79 Å². The summed E-state index contributed by atoms with van der Waals surface area (Å²) in [5, 5.41) is 2.87. The number of amides is 2. The third-order valence-electron chi connectivity index (χ3n) is 5.24. The highest BCUT2D eigenvalue weighted by molar-refractivity contribution is 5.94. The van der Waals surface area contributed by atoms with Crippen molar-refractivity contribution in [1.82, 2.24) is 14.8 Å². The van der Waals surface area contributed by atoms with E-state index in [1.54, 1.807) is 0 Å². The Labute approximate surface area is 161 Å². The van der Waals surface area contributed by atoms with E-state index in [2.05, 4.69) is 35.9 Å². The minimum Gasteiger partial charge on any atom is -0.352 e. The number of nitrogens with one attached hydrogen (secondary N) is 1. The molecule has 1 fully saturated rings. The molecule has 0 radical (unpaired) electrons. The monoisotopic (exact) mass is 367 g/mol. The summed E-state index contributed by atoms with van der Waals surface area (Å²) in [5.41, 5.74) is 3.99. The second-order valence-corrected chi connectivity index (χ2v) is 7.30. The highest BCUT2D eigenvalue weighted by Crippen LogP contribution is 2.17. The van der Waals surface area contributed by atoms with Crippen molar-refractivity contribution in [2.75, 3.05) is 19.6 Å². The fraction of sp³-hybridized carbons (Fsp3) is 0.455. The molecule has 0 aliphatic carbocycles. The molecule has 0 unspecified atom stereocenters. The van der Waals surface area contributed by atoms with Gasteiger partial charge in [-0.2, -0.15) is 0 Å². The summed E-state index contributed by atoms with van der Waals surface area (Å²) in [7, 11) is 0. The Morgan fingerprint density at radius 1 is 0.889 bits per heavy atom. The molecule has 1 saturated heterocycles. The van der Waals surface area contributed by atoms with E-state index in [9.17, 15) is 9.59 Å². The first kappa shape index (κ1) is 19.2. The lowest BCUT2D eigenvalue weighted by atomic mass is 10.2. The van der Waals surface area contributed by atoms with Crippen LogP contribution >= 0.6 is 0 Å². The summed E-state index contributed by atoms with van der Waals surface area (Å²) in [4.78, 5) is 26.6. The topological polar surface area (TPSA) is 54.3 Å². The number of benzene rings is 1. The van der Waals surface area contributed by atoms with Gasteiger partial charge in [-0.05, 0) is 63.1 Å². The minimum absolute atomic E-state index is 0.133. The molecule has 1 aromatic heterocycles. The molecular formula is C22H29N3O2. The Morgan fingerprint density at radius 3 is 2.07 bits per heavy atom. The van der Waals surface area contributed by atoms with Crippen LogP contribution in [0.5, 0.6) is 0 Å². The van der Waals surface area contributed by atoms with Gasteiger partial charge in [0.15, 0.2) is 0 Å². The van der Waals surface area contributed by atoms with Gasteiger partial charge in [-0.25, -0.2) is 0 Å². The molecule has 3 rings (SSSR count). The summed E-state index contributed by atoms with van der Waals surface area (Å²) >= 11 is 0. The number of carbonyl (C=O) groups is 2. The van der Waals surface area contributed by atoms with Crippen molar-refractivity contribution in [1.29, 1.82) is 0 Å². The lowest BCUT2D eigenvalue weighted by molar-refractivity contribution is -0.131. The largest absolute Gasteiger partial charge is 0.352 e. The van der Waals surface area contributed by atoms with Gasteiger partial charge in [0.25, 0.3) is 5.91 Å². The quantitative estimate of drug-likeness (QED) is 0.878. The molecule has 1 aromatic carbocycles. The molecule has 5 nitrogen and oxygen atoms in total. The molecule has 0 spiro atoms. The van der Waals surface area contributed by atoms with Crippen LogP contribution in [0, 0.1) is 13.8 Å². The molecule has 1 aliphatic heterocycles. The van der Waals surface area contributed by atoms with Crippen molar-refractivity contribution < 1.29 is 9.59 Å². The van der Waals surface area contributed by atoms with Crippen molar-refractivity contribution in [3.8, 4) is 5.69 Å². The molecule has 1 N–H and O–H groups in total. The smallest absolute Gasteiger partial charge is 0.251 e. The van der Waals surface area contributed by atoms with Gasteiger partial charge >= 0.3 is 0 Å². The van der Waals surface area contributed by atoms with Crippen LogP contribution in [-0.4, -0.2) is 40.9 Å². The number of rotatable bonds is 5. The zero-order valence-electron chi connectivity index (χ0n) is 16.3. The van der Waals surface area contributed by atoms with E-state index in [1.165, 1.54) is 12.8 Å². The first-order chi connectivity index (χ1) is 13.1. The SMILES string of the molecule is Cc1ccc(C)n1-c1ccc(C(=O)NCCC(=O)N2CCCCCC2)cc1. The predicted octanol–water partition coefficient (Wildman–Crippen LogP) is 3.62. The third-order valence-corrected chi connectivity index (χ3v) is 5.24. The second-order valence-electron chi connectivity index (χ2n) is 7.30. The first-order valence-electron chi connectivity index (χ1n) is 9.87. The maximum absolute atomic E-state index is 12.3. The molecule has 2 heterocycles. The number of aromatic nitrogens is 1. The Kier molecular flexibility index (Phi) is 6.32. The van der Waals surface area contributed by atoms with E-state index >= 15 is 0 Å². The highest BCUT2D eigenvalue weighted by Gasteiger charge is 2.15. The molecule has 0 atom stereocenters. The van der Waals surface area contributed by atoms with Gasteiger partial charge in [0.2, 0.25) is 5.91 Å². The van der Waals surface area contributed by atoms with Crippen molar-refractivity contribution in [3.05, 3.63) is 53.3 Å². The van der Waals surface area contributed by atoms with Crippen molar-refractivity contribution in [2.45, 2.75) is 46.0 Å². The van der Waals surface area contributed by atoms with Gasteiger partial charge in [-0.3, -0.25) is 9.59 Å². The first-order valence-corrected chi connectivity index (χ1v) is 9.87. The zero-order valence-corrected chi connectivity index (χ0v) is 16.3. The number of hydrogen-bond donors (Lipinski definition) is 1. The number of aryl methyl sites for hydroxylation is 2. The molecule has 2 amide bonds. The molecular weight excluding hydrogens is 338 g/mol. The lowest BCUT2D eigenvalue weighted by Crippen LogP contribution is -2.35. The normalized spacial score (nSPS) is 14.7. The standard InChI is InChI=1S/C22H29N3O2/c1-17-7-8-18(2)25(17)20-11-9-19(10-12-20)22(27)23-14-13-21(26)24-15-5-3-4-6-16-24/h7-12H,3-6,13-16H2,1-2H3,(H,23,27). The Balaban J connectivity index is 1.51. The molecule has 0 bridgehead atoms. The van der Waals surface area contributed by atoms with Gasteiger partial charge in [-0.15, -0.1) is 0 Å². The Bertz CT molecular complexity index is 765. The van der Waals surface area contributed by atoms with E-state index in [-0.39, 0.29) is 11.8 Å². The molecule has 27 heavy (non-hydrogen) atoms. The number of hydrogen-bond acceptors (Lipinski definition) is 2. The van der Waals surface area contributed by atoms with Gasteiger partial charge in [0.05, 0.1) is 0 Å². The average molecular weight is 367 g/mol. The maximum atomic E-state index is 12.3. The summed E-state index contributed by atoms with van der Waals surface area (Å²) in [6, 6.07) is 11.7. The molecule has 2 aromatic rings. The van der Waals surface area contributed by atoms with Crippen molar-refractivity contribution in [3.63, 3.8) is 0 Å². The van der Waals surface area contributed by atoms with Gasteiger partial charge < -0.3 is 14.8 Å². The lowest BCUT2D eigenvalue weighted by Gasteiger charge is -2.20. The predicted molar refractivity (Wildman–Crippen MR) is 107 cm³/mol. The second kappa shape index (κ2) is 8.89. The molecule has 1 aliphatic rings. The van der Waals surface area contributed by atoms with Crippen LogP contribution in [0.25, 0.3) is 5.69 Å². The van der Waals surface area contributed by atoms with E-state index in [0.717, 1.165) is 43.0 Å². The highest BCUT2D eigenvalue weighted by atomic mass is 16.2. The van der Waals surface area contributed by atoms with Gasteiger partial charge in [0, 0.05) is 48.7 Å². The Morgan fingerprint density at radius 2 is 1.48 bits per heavy atom. The fourth-order valence-electron chi connectivity index (χ4n) is 3.70. The summed E-state index contributed by atoms with van der Waals surface area (Å²) in [6.07, 6.45) is 4.96. The zero-order chi connectivity index (χ0) is 19.2. The van der Waals surface area contributed by atoms with Crippen LogP contribution < -0.4 is 5.32 Å². The number of nitrogens with zero attached hydrogens (tertiary/aromatic N) is 2. The van der Waals surface area contributed by atoms with Gasteiger partial charge in [-0.1, -0.05) is 12.8 Å². The van der Waals surface area contributed by atoms with Crippen molar-refractivity contribution in [2.24, 2.45) is 0 Å². The van der Waals surface area contributed by atoms with Gasteiger partial charge in [0.1, 0.15) is 0 Å². The maximum Gasteiger partial charge on any atom is 0.251 e. The van der Waals surface area contributed by atoms with Crippen LogP contribution in [0.15, 0.2) is 36.4 Å². The van der Waals surface area contributed by atoms with Crippen LogP contribution in [0.4, 0.5) is 0 Å². The molecule has 0 saturated carbocycles. The summed E-state index contributed by atoms with van der Waals surface area (Å²) < 4.78 is 2.15. The van der Waals surface area contributed by atoms with Crippen LogP contribution in [0.1, 0.15) is 53.8 Å². The summed E-state index contributed by atoms with van der Waals surface area (Å²) in [5.74, 6) is 0.0114. The number of carbonyl (C=O) groups excluding carboxylic acids is 2. The summed E-state index contributed by atoms with van der Waals surface area (Å²) in [6.45, 7) is 6.22. The Hall–Kier alpha value is -2.56. The van der Waals surface area contributed by atoms with E-state index in [0.29, 0.717) is 18.5 Å². The van der Waals surface area contributed by atoms with Crippen LogP contribution in [0.2, 0.25) is 0 Å². The van der Waals surface area contributed by atoms with E-state index in [4.69, 9.17) is 0 Å². The molecule has 5 heteroatoms. The van der Waals surface area contributed by atoms with E-state index in [1.807, 2.05) is 29.2 Å². The van der Waals surface area contributed by atoms with Crippen molar-refractivity contribution >= 4 is 11.8 Å². The minimum atomic E-state index is -0.133. The average Bonchev–Trinajstić information content (AvgIpc) is 2.88. The number of likely N-dealkylation sites (tertiary alicyclic amines) is 1. The van der Waals surface area contributed by atoms with Crippen LogP contribution in [0.3, 0.4) is 0 Å².